The number of carbonyl (C=O) groups is 1. The van der Waals surface area contributed by atoms with Gasteiger partial charge in [0.25, 0.3) is 0 Å². The van der Waals surface area contributed by atoms with Crippen molar-refractivity contribution in [3.05, 3.63) is 29.3 Å². The molecular weight excluding hydrogens is 234 g/mol. The number of anilines is 1. The van der Waals surface area contributed by atoms with Crippen molar-refractivity contribution in [1.82, 2.24) is 4.90 Å². The number of nitrogens with two attached hydrogens (primary N) is 1. The highest BCUT2D eigenvalue weighted by molar-refractivity contribution is 7.80. The van der Waals surface area contributed by atoms with Gasteiger partial charge < -0.3 is 16.0 Å². The van der Waals surface area contributed by atoms with Gasteiger partial charge in [0.1, 0.15) is 4.99 Å². The lowest BCUT2D eigenvalue weighted by atomic mass is 10.1. The van der Waals surface area contributed by atoms with Gasteiger partial charge in [-0.3, -0.25) is 4.79 Å². The number of aryl methyl sites for hydroxylation is 1. The van der Waals surface area contributed by atoms with E-state index in [1.54, 1.807) is 14.1 Å². The Morgan fingerprint density at radius 2 is 2.12 bits per heavy atom. The van der Waals surface area contributed by atoms with Crippen molar-refractivity contribution < 1.29 is 4.79 Å². The van der Waals surface area contributed by atoms with Crippen LogP contribution in [0.5, 0.6) is 0 Å². The summed E-state index contributed by atoms with van der Waals surface area (Å²) in [4.78, 5) is 13.3. The highest BCUT2D eigenvalue weighted by Crippen LogP contribution is 2.17. The zero-order valence-corrected chi connectivity index (χ0v) is 11.1. The summed E-state index contributed by atoms with van der Waals surface area (Å²) in [5.74, 6) is 0.000367. The predicted molar refractivity (Wildman–Crippen MR) is 74.3 cm³/mol. The van der Waals surface area contributed by atoms with Crippen LogP contribution in [0.25, 0.3) is 0 Å². The number of nitrogens with one attached hydrogen (secondary N) is 1. The van der Waals surface area contributed by atoms with Gasteiger partial charge in [-0.2, -0.15) is 0 Å². The Bertz CT molecular complexity index is 443. The Balaban J connectivity index is 2.86. The molecule has 0 atom stereocenters. The van der Waals surface area contributed by atoms with Crippen molar-refractivity contribution in [2.45, 2.75) is 6.92 Å². The molecule has 1 amide bonds. The molecule has 0 saturated heterocycles. The molecule has 0 heterocycles. The number of amides is 1. The third kappa shape index (κ3) is 3.71. The third-order valence-corrected chi connectivity index (χ3v) is 2.59. The fourth-order valence-electron chi connectivity index (χ4n) is 1.35. The van der Waals surface area contributed by atoms with E-state index in [9.17, 15) is 4.79 Å². The minimum atomic E-state index is 0.000367. The Labute approximate surface area is 107 Å². The van der Waals surface area contributed by atoms with Crippen molar-refractivity contribution in [2.75, 3.05) is 26.0 Å². The number of hydrogen-bond acceptors (Lipinski definition) is 3. The molecule has 0 radical (unpaired) electrons. The van der Waals surface area contributed by atoms with E-state index in [-0.39, 0.29) is 12.5 Å². The van der Waals surface area contributed by atoms with Gasteiger partial charge in [-0.15, -0.1) is 0 Å². The lowest BCUT2D eigenvalue weighted by Gasteiger charge is -2.14. The van der Waals surface area contributed by atoms with Crippen LogP contribution in [0, 0.1) is 6.92 Å². The Kier molecular flexibility index (Phi) is 4.45. The topological polar surface area (TPSA) is 58.4 Å². The normalized spacial score (nSPS) is 9.82. The van der Waals surface area contributed by atoms with Crippen LogP contribution in [-0.2, 0) is 4.79 Å². The number of nitrogens with zero attached hydrogens (tertiary/aromatic N) is 1. The minimum Gasteiger partial charge on any atom is -0.389 e. The first kappa shape index (κ1) is 13.4. The van der Waals surface area contributed by atoms with Crippen LogP contribution >= 0.6 is 12.2 Å². The van der Waals surface area contributed by atoms with Gasteiger partial charge in [0.15, 0.2) is 0 Å². The predicted octanol–water partition coefficient (Wildman–Crippen LogP) is 1.13. The van der Waals surface area contributed by atoms with Gasteiger partial charge in [0.05, 0.1) is 6.54 Å². The number of benzene rings is 1. The van der Waals surface area contributed by atoms with E-state index in [0.29, 0.717) is 4.99 Å². The van der Waals surface area contributed by atoms with Crippen LogP contribution in [0.1, 0.15) is 11.1 Å². The average molecular weight is 251 g/mol. The lowest BCUT2D eigenvalue weighted by molar-refractivity contribution is -0.126. The van der Waals surface area contributed by atoms with Crippen LogP contribution < -0.4 is 11.1 Å². The quantitative estimate of drug-likeness (QED) is 0.788. The van der Waals surface area contributed by atoms with E-state index < -0.39 is 0 Å². The smallest absolute Gasteiger partial charge is 0.241 e. The van der Waals surface area contributed by atoms with Crippen molar-refractivity contribution in [3.8, 4) is 0 Å². The number of rotatable bonds is 4. The number of thiocarbonyl (C=S) groups is 1. The molecule has 0 saturated carbocycles. The first-order valence-electron chi connectivity index (χ1n) is 5.26. The van der Waals surface area contributed by atoms with Crippen molar-refractivity contribution >= 4 is 28.8 Å². The maximum atomic E-state index is 11.5. The van der Waals surface area contributed by atoms with Crippen LogP contribution in [-0.4, -0.2) is 36.4 Å². The second-order valence-electron chi connectivity index (χ2n) is 4.06. The molecule has 0 aliphatic rings. The van der Waals surface area contributed by atoms with E-state index in [0.717, 1.165) is 16.8 Å². The van der Waals surface area contributed by atoms with Crippen molar-refractivity contribution in [2.24, 2.45) is 5.73 Å². The molecule has 0 aliphatic heterocycles. The van der Waals surface area contributed by atoms with E-state index in [1.807, 2.05) is 25.1 Å². The molecule has 4 nitrogen and oxygen atoms in total. The first-order valence-corrected chi connectivity index (χ1v) is 5.67. The maximum Gasteiger partial charge on any atom is 0.241 e. The number of likely N-dealkylation sites (N-methyl/N-ethyl adjacent to an activating group) is 1. The highest BCUT2D eigenvalue weighted by atomic mass is 32.1. The van der Waals surface area contributed by atoms with Gasteiger partial charge in [-0.05, 0) is 24.6 Å². The molecular formula is C12H17N3OS. The summed E-state index contributed by atoms with van der Waals surface area (Å²) in [6.45, 7) is 2.20. The second kappa shape index (κ2) is 5.63. The van der Waals surface area contributed by atoms with Crippen LogP contribution in [0.2, 0.25) is 0 Å². The molecule has 1 rings (SSSR count). The molecule has 5 heteroatoms. The summed E-state index contributed by atoms with van der Waals surface area (Å²) in [5.41, 5.74) is 8.27. The monoisotopic (exact) mass is 251 g/mol. The zero-order valence-electron chi connectivity index (χ0n) is 10.3. The minimum absolute atomic E-state index is 0.000367. The molecule has 0 aliphatic carbocycles. The van der Waals surface area contributed by atoms with Crippen LogP contribution in [0.15, 0.2) is 18.2 Å². The molecule has 1 aromatic rings. The molecule has 0 aromatic heterocycles. The van der Waals surface area contributed by atoms with E-state index in [1.165, 1.54) is 4.90 Å². The van der Waals surface area contributed by atoms with E-state index in [4.69, 9.17) is 18.0 Å². The second-order valence-corrected chi connectivity index (χ2v) is 4.49. The van der Waals surface area contributed by atoms with Gasteiger partial charge in [-0.1, -0.05) is 18.3 Å². The summed E-state index contributed by atoms with van der Waals surface area (Å²) in [6.07, 6.45) is 0. The fourth-order valence-corrected chi connectivity index (χ4v) is 1.53. The lowest BCUT2D eigenvalue weighted by Crippen LogP contribution is -2.29. The molecule has 0 bridgehead atoms. The number of carbonyl (C=O) groups excluding carboxylic acids is 1. The van der Waals surface area contributed by atoms with E-state index in [2.05, 4.69) is 5.32 Å². The zero-order chi connectivity index (χ0) is 13.0. The molecule has 0 fully saturated rings. The van der Waals surface area contributed by atoms with Gasteiger partial charge in [-0.25, -0.2) is 0 Å². The first-order chi connectivity index (χ1) is 7.91. The van der Waals surface area contributed by atoms with Gasteiger partial charge in [0.2, 0.25) is 5.91 Å². The number of hydrogen-bond donors (Lipinski definition) is 2. The summed E-state index contributed by atoms with van der Waals surface area (Å²) in [6, 6.07) is 5.73. The largest absolute Gasteiger partial charge is 0.389 e. The molecule has 3 N–H and O–H groups in total. The Morgan fingerprint density at radius 3 is 2.65 bits per heavy atom. The summed E-state index contributed by atoms with van der Waals surface area (Å²) in [7, 11) is 3.43. The van der Waals surface area contributed by atoms with Crippen LogP contribution in [0.3, 0.4) is 0 Å². The highest BCUT2D eigenvalue weighted by Gasteiger charge is 2.08. The van der Waals surface area contributed by atoms with Gasteiger partial charge in [0, 0.05) is 25.3 Å². The third-order valence-electron chi connectivity index (χ3n) is 2.37. The molecule has 0 unspecified atom stereocenters. The molecule has 1 aromatic carbocycles. The summed E-state index contributed by atoms with van der Waals surface area (Å²) in [5, 5.41) is 3.06. The molecule has 92 valence electrons. The van der Waals surface area contributed by atoms with Crippen LogP contribution in [0.4, 0.5) is 5.69 Å². The Hall–Kier alpha value is -1.62. The maximum absolute atomic E-state index is 11.5. The SMILES string of the molecule is Cc1ccc(C(N)=S)c(NCC(=O)N(C)C)c1. The average Bonchev–Trinajstić information content (AvgIpc) is 2.25. The fraction of sp³-hybridized carbons (Fsp3) is 0.333. The van der Waals surface area contributed by atoms with E-state index >= 15 is 0 Å². The van der Waals surface area contributed by atoms with Crippen molar-refractivity contribution in [1.29, 1.82) is 0 Å². The van der Waals surface area contributed by atoms with Crippen molar-refractivity contribution in [3.63, 3.8) is 0 Å². The molecule has 0 spiro atoms. The van der Waals surface area contributed by atoms with Gasteiger partial charge >= 0.3 is 0 Å². The Morgan fingerprint density at radius 1 is 1.47 bits per heavy atom. The molecule has 17 heavy (non-hydrogen) atoms. The summed E-state index contributed by atoms with van der Waals surface area (Å²) >= 11 is 4.97. The standard InChI is InChI=1S/C12H17N3OS/c1-8-4-5-9(12(13)17)10(6-8)14-7-11(16)15(2)3/h4-6,14H,7H2,1-3H3,(H2,13,17). The summed E-state index contributed by atoms with van der Waals surface area (Å²) < 4.78 is 0.